The molecule has 1 heterocycles. The molecule has 17 heavy (non-hydrogen) atoms. The third-order valence-electron chi connectivity index (χ3n) is 3.04. The van der Waals surface area contributed by atoms with Crippen LogP contribution in [0.25, 0.3) is 0 Å². The summed E-state index contributed by atoms with van der Waals surface area (Å²) >= 11 is 5.76. The fourth-order valence-corrected chi connectivity index (χ4v) is 1.98. The van der Waals surface area contributed by atoms with Crippen LogP contribution in [0.15, 0.2) is 6.33 Å². The molecular weight excluding hydrogens is 241 g/mol. The van der Waals surface area contributed by atoms with Crippen molar-refractivity contribution >= 4 is 17.4 Å². The first-order valence-corrected chi connectivity index (χ1v) is 6.43. The number of nitrogens with one attached hydrogen (secondary N) is 1. The number of rotatable bonds is 6. The van der Waals surface area contributed by atoms with Crippen molar-refractivity contribution in [2.45, 2.75) is 45.6 Å². The quantitative estimate of drug-likeness (QED) is 0.796. The Hall–Kier alpha value is -0.900. The molecule has 5 heteroatoms. The number of halogens is 2. The highest BCUT2D eigenvalue weighted by atomic mass is 35.5. The maximum Gasteiger partial charge on any atom is 0.186 e. The molecule has 0 saturated heterocycles. The van der Waals surface area contributed by atoms with Gasteiger partial charge in [-0.25, -0.2) is 14.4 Å². The van der Waals surface area contributed by atoms with Gasteiger partial charge < -0.3 is 5.32 Å². The average molecular weight is 260 g/mol. The van der Waals surface area contributed by atoms with Gasteiger partial charge in [-0.05, 0) is 26.2 Å². The molecule has 1 unspecified atom stereocenters. The number of nitrogens with zero attached hydrogens (tertiary/aromatic N) is 2. The molecule has 1 rings (SSSR count). The van der Waals surface area contributed by atoms with Crippen LogP contribution in [0.4, 0.5) is 10.2 Å². The van der Waals surface area contributed by atoms with Gasteiger partial charge >= 0.3 is 0 Å². The zero-order valence-electron chi connectivity index (χ0n) is 10.6. The molecule has 0 aromatic carbocycles. The van der Waals surface area contributed by atoms with Crippen LogP contribution >= 0.6 is 11.6 Å². The SMILES string of the molecule is CCc1ncnc(NC(C)(CC)CCCl)c1F. The van der Waals surface area contributed by atoms with Crippen molar-refractivity contribution in [2.75, 3.05) is 11.2 Å². The Kier molecular flexibility index (Phi) is 5.12. The monoisotopic (exact) mass is 259 g/mol. The summed E-state index contributed by atoms with van der Waals surface area (Å²) in [7, 11) is 0. The second-order valence-corrected chi connectivity index (χ2v) is 4.69. The van der Waals surface area contributed by atoms with E-state index in [4.69, 9.17) is 11.6 Å². The summed E-state index contributed by atoms with van der Waals surface area (Å²) in [6.45, 7) is 5.93. The molecule has 0 amide bonds. The Morgan fingerprint density at radius 3 is 2.65 bits per heavy atom. The molecular formula is C12H19ClFN3. The van der Waals surface area contributed by atoms with Gasteiger partial charge in [0.1, 0.15) is 6.33 Å². The Labute approximate surface area is 107 Å². The Morgan fingerprint density at radius 1 is 1.41 bits per heavy atom. The van der Waals surface area contributed by atoms with E-state index in [1.807, 2.05) is 20.8 Å². The lowest BCUT2D eigenvalue weighted by molar-refractivity contribution is 0.472. The van der Waals surface area contributed by atoms with Crippen molar-refractivity contribution in [3.63, 3.8) is 0 Å². The predicted molar refractivity (Wildman–Crippen MR) is 69.0 cm³/mol. The minimum Gasteiger partial charge on any atom is -0.362 e. The summed E-state index contributed by atoms with van der Waals surface area (Å²) in [5.74, 6) is 0.445. The van der Waals surface area contributed by atoms with Crippen LogP contribution in [0.5, 0.6) is 0 Å². The van der Waals surface area contributed by atoms with Crippen LogP contribution in [0.1, 0.15) is 39.3 Å². The number of aryl methyl sites for hydroxylation is 1. The van der Waals surface area contributed by atoms with E-state index in [1.54, 1.807) is 0 Å². The van der Waals surface area contributed by atoms with E-state index in [2.05, 4.69) is 15.3 Å². The molecule has 1 N–H and O–H groups in total. The van der Waals surface area contributed by atoms with Crippen molar-refractivity contribution in [1.29, 1.82) is 0 Å². The van der Waals surface area contributed by atoms with E-state index in [9.17, 15) is 4.39 Å². The zero-order chi connectivity index (χ0) is 12.9. The fraction of sp³-hybridized carbons (Fsp3) is 0.667. The average Bonchev–Trinajstić information content (AvgIpc) is 2.32. The van der Waals surface area contributed by atoms with Gasteiger partial charge in [-0.2, -0.15) is 0 Å². The molecule has 1 aromatic heterocycles. The van der Waals surface area contributed by atoms with Gasteiger partial charge in [0.25, 0.3) is 0 Å². The van der Waals surface area contributed by atoms with Crippen molar-refractivity contribution in [3.05, 3.63) is 17.8 Å². The van der Waals surface area contributed by atoms with E-state index >= 15 is 0 Å². The van der Waals surface area contributed by atoms with Crippen LogP contribution in [0.3, 0.4) is 0 Å². The van der Waals surface area contributed by atoms with Gasteiger partial charge in [0.05, 0.1) is 5.69 Å². The second kappa shape index (κ2) is 6.15. The van der Waals surface area contributed by atoms with Gasteiger partial charge in [-0.1, -0.05) is 13.8 Å². The van der Waals surface area contributed by atoms with E-state index in [0.29, 0.717) is 18.0 Å². The lowest BCUT2D eigenvalue weighted by Crippen LogP contribution is -2.35. The van der Waals surface area contributed by atoms with Crippen molar-refractivity contribution < 1.29 is 4.39 Å². The zero-order valence-corrected chi connectivity index (χ0v) is 11.3. The molecule has 0 radical (unpaired) electrons. The summed E-state index contributed by atoms with van der Waals surface area (Å²) < 4.78 is 14.0. The number of alkyl halides is 1. The van der Waals surface area contributed by atoms with Crippen LogP contribution in [0, 0.1) is 5.82 Å². The van der Waals surface area contributed by atoms with Gasteiger partial charge in [-0.15, -0.1) is 11.6 Å². The van der Waals surface area contributed by atoms with E-state index in [0.717, 1.165) is 12.8 Å². The molecule has 1 aromatic rings. The van der Waals surface area contributed by atoms with Gasteiger partial charge in [-0.3, -0.25) is 0 Å². The lowest BCUT2D eigenvalue weighted by atomic mass is 9.95. The fourth-order valence-electron chi connectivity index (χ4n) is 1.56. The molecule has 0 aliphatic carbocycles. The highest BCUT2D eigenvalue weighted by molar-refractivity contribution is 6.17. The van der Waals surface area contributed by atoms with Crippen molar-refractivity contribution in [1.82, 2.24) is 9.97 Å². The minimum absolute atomic E-state index is 0.234. The smallest absolute Gasteiger partial charge is 0.186 e. The van der Waals surface area contributed by atoms with E-state index in [1.165, 1.54) is 6.33 Å². The van der Waals surface area contributed by atoms with E-state index in [-0.39, 0.29) is 17.2 Å². The number of hydrogen-bond donors (Lipinski definition) is 1. The van der Waals surface area contributed by atoms with Crippen LogP contribution in [-0.4, -0.2) is 21.4 Å². The molecule has 0 saturated carbocycles. The molecule has 0 spiro atoms. The van der Waals surface area contributed by atoms with Crippen molar-refractivity contribution in [2.24, 2.45) is 0 Å². The Balaban J connectivity index is 2.93. The number of aromatic nitrogens is 2. The van der Waals surface area contributed by atoms with Crippen LogP contribution in [-0.2, 0) is 6.42 Å². The largest absolute Gasteiger partial charge is 0.362 e. The first-order chi connectivity index (χ1) is 8.06. The molecule has 0 fully saturated rings. The molecule has 0 bridgehead atoms. The van der Waals surface area contributed by atoms with E-state index < -0.39 is 0 Å². The molecule has 3 nitrogen and oxygen atoms in total. The first-order valence-electron chi connectivity index (χ1n) is 5.89. The maximum atomic E-state index is 14.0. The third kappa shape index (κ3) is 3.53. The van der Waals surface area contributed by atoms with Gasteiger partial charge in [0.15, 0.2) is 11.6 Å². The summed E-state index contributed by atoms with van der Waals surface area (Å²) in [6.07, 6.45) is 3.56. The number of anilines is 1. The second-order valence-electron chi connectivity index (χ2n) is 4.31. The van der Waals surface area contributed by atoms with Gasteiger partial charge in [0, 0.05) is 11.4 Å². The Bertz CT molecular complexity index is 373. The lowest BCUT2D eigenvalue weighted by Gasteiger charge is -2.29. The molecule has 0 aliphatic heterocycles. The predicted octanol–water partition coefficient (Wildman–Crippen LogP) is 3.39. The topological polar surface area (TPSA) is 37.8 Å². The Morgan fingerprint density at radius 2 is 2.12 bits per heavy atom. The summed E-state index contributed by atoms with van der Waals surface area (Å²) in [5, 5.41) is 3.14. The summed E-state index contributed by atoms with van der Waals surface area (Å²) in [5.41, 5.74) is 0.203. The minimum atomic E-state index is -0.357. The maximum absolute atomic E-state index is 14.0. The highest BCUT2D eigenvalue weighted by Crippen LogP contribution is 2.23. The summed E-state index contributed by atoms with van der Waals surface area (Å²) in [4.78, 5) is 7.87. The van der Waals surface area contributed by atoms with Crippen molar-refractivity contribution in [3.8, 4) is 0 Å². The number of hydrogen-bond acceptors (Lipinski definition) is 3. The summed E-state index contributed by atoms with van der Waals surface area (Å²) in [6, 6.07) is 0. The molecule has 0 aliphatic rings. The normalized spacial score (nSPS) is 14.4. The third-order valence-corrected chi connectivity index (χ3v) is 3.23. The van der Waals surface area contributed by atoms with Crippen LogP contribution < -0.4 is 5.32 Å². The van der Waals surface area contributed by atoms with Crippen LogP contribution in [0.2, 0.25) is 0 Å². The molecule has 1 atom stereocenters. The highest BCUT2D eigenvalue weighted by Gasteiger charge is 2.23. The first kappa shape index (κ1) is 14.2. The van der Waals surface area contributed by atoms with Gasteiger partial charge in [0.2, 0.25) is 0 Å². The molecule has 96 valence electrons. The standard InChI is InChI=1S/C12H19ClFN3/c1-4-9-10(14)11(16-8-15-9)17-12(3,5-2)6-7-13/h8H,4-7H2,1-3H3,(H,15,16,17).